The highest BCUT2D eigenvalue weighted by Gasteiger charge is 2.24. The van der Waals surface area contributed by atoms with Gasteiger partial charge in [-0.25, -0.2) is 0 Å². The second kappa shape index (κ2) is 8.73. The van der Waals surface area contributed by atoms with Gasteiger partial charge in [-0.15, -0.1) is 0 Å². The Kier molecular flexibility index (Phi) is 5.87. The second-order valence-electron chi connectivity index (χ2n) is 7.93. The molecule has 0 spiro atoms. The van der Waals surface area contributed by atoms with Crippen molar-refractivity contribution in [1.82, 2.24) is 4.98 Å². The van der Waals surface area contributed by atoms with Gasteiger partial charge in [0, 0.05) is 48.7 Å². The van der Waals surface area contributed by atoms with E-state index in [2.05, 4.69) is 55.3 Å². The van der Waals surface area contributed by atoms with Crippen molar-refractivity contribution < 1.29 is 4.74 Å². The molecule has 0 amide bonds. The van der Waals surface area contributed by atoms with Gasteiger partial charge in [0.2, 0.25) is 0 Å². The minimum atomic E-state index is 0.315. The van der Waals surface area contributed by atoms with Gasteiger partial charge >= 0.3 is 0 Å². The number of aryl methyl sites for hydroxylation is 2. The van der Waals surface area contributed by atoms with Crippen molar-refractivity contribution in [3.8, 4) is 6.07 Å². The van der Waals surface area contributed by atoms with Gasteiger partial charge in [0.1, 0.15) is 0 Å². The molecule has 4 rings (SSSR count). The molecule has 1 saturated heterocycles. The number of fused-ring (bicyclic) bond motifs is 1. The van der Waals surface area contributed by atoms with Crippen molar-refractivity contribution in [2.45, 2.75) is 39.8 Å². The number of nitriles is 1. The molecule has 2 aromatic carbocycles. The van der Waals surface area contributed by atoms with Gasteiger partial charge in [-0.1, -0.05) is 0 Å². The topological polar surface area (TPSA) is 61.2 Å². The quantitative estimate of drug-likeness (QED) is 0.634. The number of pyridine rings is 1. The predicted octanol–water partition coefficient (Wildman–Crippen LogP) is 4.95. The van der Waals surface area contributed by atoms with E-state index in [1.165, 1.54) is 22.2 Å². The Morgan fingerprint density at radius 1 is 1.20 bits per heavy atom. The molecule has 1 aromatic heterocycles. The molecule has 1 aliphatic rings. The normalized spacial score (nSPS) is 16.1. The molecule has 1 atom stereocenters. The van der Waals surface area contributed by atoms with E-state index in [9.17, 15) is 0 Å². The van der Waals surface area contributed by atoms with E-state index in [0.717, 1.165) is 49.6 Å². The van der Waals surface area contributed by atoms with Crippen molar-refractivity contribution in [1.29, 1.82) is 5.26 Å². The fraction of sp³-hybridized carbons (Fsp3) is 0.360. The maximum absolute atomic E-state index is 8.95. The van der Waals surface area contributed by atoms with E-state index in [0.29, 0.717) is 11.7 Å². The van der Waals surface area contributed by atoms with Gasteiger partial charge in [-0.2, -0.15) is 5.26 Å². The highest BCUT2D eigenvalue weighted by atomic mass is 16.5. The molecular weight excluding hydrogens is 372 g/mol. The Bertz CT molecular complexity index is 1080. The molecule has 0 unspecified atom stereocenters. The summed E-state index contributed by atoms with van der Waals surface area (Å²) < 4.78 is 5.84. The molecule has 3 aromatic rings. The van der Waals surface area contributed by atoms with E-state index in [4.69, 9.17) is 15.0 Å². The first kappa shape index (κ1) is 20.2. The molecule has 0 saturated carbocycles. The van der Waals surface area contributed by atoms with Gasteiger partial charge < -0.3 is 15.0 Å². The lowest BCUT2D eigenvalue weighted by Crippen LogP contribution is -2.23. The summed E-state index contributed by atoms with van der Waals surface area (Å²) in [6, 6.07) is 16.4. The number of benzene rings is 2. The minimum Gasteiger partial charge on any atom is -0.381 e. The van der Waals surface area contributed by atoms with Gasteiger partial charge in [0.15, 0.2) is 0 Å². The SMILES string of the molecule is CCO[C@H]1CCN(c2cc(C)nc3cc(CNc4ccc(C#N)cc4)c(C)cc23)C1. The minimum absolute atomic E-state index is 0.315. The number of ether oxygens (including phenoxy) is 1. The molecule has 1 fully saturated rings. The maximum atomic E-state index is 8.95. The van der Waals surface area contributed by atoms with Crippen LogP contribution in [0, 0.1) is 25.2 Å². The smallest absolute Gasteiger partial charge is 0.0991 e. The van der Waals surface area contributed by atoms with Crippen molar-refractivity contribution in [3.63, 3.8) is 0 Å². The van der Waals surface area contributed by atoms with E-state index in [1.54, 1.807) is 0 Å². The number of rotatable bonds is 6. The summed E-state index contributed by atoms with van der Waals surface area (Å²) in [6.07, 6.45) is 1.39. The Labute approximate surface area is 178 Å². The van der Waals surface area contributed by atoms with Crippen LogP contribution in [0.4, 0.5) is 11.4 Å². The van der Waals surface area contributed by atoms with Gasteiger partial charge in [0.25, 0.3) is 0 Å². The summed E-state index contributed by atoms with van der Waals surface area (Å²) in [5, 5.41) is 13.6. The molecule has 5 heteroatoms. The van der Waals surface area contributed by atoms with Crippen LogP contribution < -0.4 is 10.2 Å². The van der Waals surface area contributed by atoms with Crippen LogP contribution in [0.15, 0.2) is 42.5 Å². The van der Waals surface area contributed by atoms with Crippen LogP contribution >= 0.6 is 0 Å². The third-order valence-electron chi connectivity index (χ3n) is 5.76. The lowest BCUT2D eigenvalue weighted by Gasteiger charge is -2.22. The van der Waals surface area contributed by atoms with Crippen LogP contribution in [-0.4, -0.2) is 30.8 Å². The molecule has 30 heavy (non-hydrogen) atoms. The van der Waals surface area contributed by atoms with E-state index in [1.807, 2.05) is 24.3 Å². The largest absolute Gasteiger partial charge is 0.381 e. The van der Waals surface area contributed by atoms with Crippen LogP contribution in [0.25, 0.3) is 10.9 Å². The van der Waals surface area contributed by atoms with Crippen molar-refractivity contribution in [3.05, 3.63) is 64.8 Å². The van der Waals surface area contributed by atoms with Gasteiger partial charge in [-0.05, 0) is 80.8 Å². The van der Waals surface area contributed by atoms with E-state index >= 15 is 0 Å². The molecule has 0 aliphatic carbocycles. The molecule has 0 radical (unpaired) electrons. The molecule has 0 bridgehead atoms. The van der Waals surface area contributed by atoms with Crippen molar-refractivity contribution >= 4 is 22.3 Å². The molecule has 2 heterocycles. The van der Waals surface area contributed by atoms with Crippen molar-refractivity contribution in [2.75, 3.05) is 29.9 Å². The predicted molar refractivity (Wildman–Crippen MR) is 122 cm³/mol. The zero-order chi connectivity index (χ0) is 21.1. The summed E-state index contributed by atoms with van der Waals surface area (Å²) >= 11 is 0. The van der Waals surface area contributed by atoms with Crippen molar-refractivity contribution in [2.24, 2.45) is 0 Å². The second-order valence-corrected chi connectivity index (χ2v) is 7.93. The van der Waals surface area contributed by atoms with Gasteiger partial charge in [-0.3, -0.25) is 4.98 Å². The number of aromatic nitrogens is 1. The van der Waals surface area contributed by atoms with E-state index < -0.39 is 0 Å². The Hall–Kier alpha value is -3.10. The number of hydrogen-bond donors (Lipinski definition) is 1. The number of anilines is 2. The first-order valence-corrected chi connectivity index (χ1v) is 10.6. The monoisotopic (exact) mass is 400 g/mol. The highest BCUT2D eigenvalue weighted by Crippen LogP contribution is 2.32. The fourth-order valence-corrected chi connectivity index (χ4v) is 4.17. The Morgan fingerprint density at radius 2 is 2.00 bits per heavy atom. The standard InChI is InChI=1S/C25H28N4O/c1-4-30-22-9-10-29(16-22)25-12-18(3)28-24-13-20(17(2)11-23(24)25)15-27-21-7-5-19(14-26)6-8-21/h5-8,11-13,22,27H,4,9-10,15-16H2,1-3H3/t22-/m0/s1. The molecule has 1 aliphatic heterocycles. The zero-order valence-corrected chi connectivity index (χ0v) is 17.9. The number of nitrogens with zero attached hydrogens (tertiary/aromatic N) is 3. The van der Waals surface area contributed by atoms with Crippen LogP contribution in [0.1, 0.15) is 35.7 Å². The highest BCUT2D eigenvalue weighted by molar-refractivity contribution is 5.93. The zero-order valence-electron chi connectivity index (χ0n) is 17.9. The maximum Gasteiger partial charge on any atom is 0.0991 e. The third-order valence-corrected chi connectivity index (χ3v) is 5.76. The van der Waals surface area contributed by atoms with Crippen LogP contribution in [0.5, 0.6) is 0 Å². The summed E-state index contributed by atoms with van der Waals surface area (Å²) in [5.41, 5.74) is 7.47. The first-order chi connectivity index (χ1) is 14.6. The summed E-state index contributed by atoms with van der Waals surface area (Å²) in [7, 11) is 0. The molecular formula is C25H28N4O. The number of nitrogens with one attached hydrogen (secondary N) is 1. The van der Waals surface area contributed by atoms with Gasteiger partial charge in [0.05, 0.1) is 23.3 Å². The van der Waals surface area contributed by atoms with Crippen LogP contribution in [-0.2, 0) is 11.3 Å². The Balaban J connectivity index is 1.59. The summed E-state index contributed by atoms with van der Waals surface area (Å²) in [5.74, 6) is 0. The van der Waals surface area contributed by atoms with E-state index in [-0.39, 0.29) is 0 Å². The lowest BCUT2D eigenvalue weighted by molar-refractivity contribution is 0.0788. The first-order valence-electron chi connectivity index (χ1n) is 10.6. The molecule has 5 nitrogen and oxygen atoms in total. The summed E-state index contributed by atoms with van der Waals surface area (Å²) in [4.78, 5) is 7.26. The molecule has 154 valence electrons. The lowest BCUT2D eigenvalue weighted by atomic mass is 10.0. The average molecular weight is 401 g/mol. The number of hydrogen-bond acceptors (Lipinski definition) is 5. The third kappa shape index (κ3) is 4.24. The Morgan fingerprint density at radius 3 is 2.73 bits per heavy atom. The average Bonchev–Trinajstić information content (AvgIpc) is 3.21. The van der Waals surface area contributed by atoms with Crippen LogP contribution in [0.2, 0.25) is 0 Å². The molecule has 1 N–H and O–H groups in total. The van der Waals surface area contributed by atoms with Crippen LogP contribution in [0.3, 0.4) is 0 Å². The summed E-state index contributed by atoms with van der Waals surface area (Å²) in [6.45, 7) is 9.72. The fourth-order valence-electron chi connectivity index (χ4n) is 4.17.